The third kappa shape index (κ3) is 2.47. The van der Waals surface area contributed by atoms with Crippen LogP contribution in [0.2, 0.25) is 0 Å². The summed E-state index contributed by atoms with van der Waals surface area (Å²) in [6.07, 6.45) is 8.08. The number of rotatable bonds is 5. The first kappa shape index (κ1) is 15.5. The van der Waals surface area contributed by atoms with Crippen molar-refractivity contribution in [2.45, 2.75) is 39.5 Å². The number of aryl methyl sites for hydroxylation is 1. The molecule has 3 aromatic heterocycles. The zero-order chi connectivity index (χ0) is 16.7. The first-order valence-corrected chi connectivity index (χ1v) is 9.43. The Kier molecular flexibility index (Phi) is 3.96. The van der Waals surface area contributed by atoms with Crippen molar-refractivity contribution in [1.29, 1.82) is 0 Å². The van der Waals surface area contributed by atoms with Crippen molar-refractivity contribution in [2.24, 2.45) is 5.92 Å². The van der Waals surface area contributed by atoms with E-state index in [1.165, 1.54) is 28.6 Å². The molecular formula is C19H22N4S. The highest BCUT2D eigenvalue weighted by atomic mass is 32.1. The highest BCUT2D eigenvalue weighted by Crippen LogP contribution is 2.41. The maximum Gasteiger partial charge on any atom is 0.147 e. The van der Waals surface area contributed by atoms with Crippen molar-refractivity contribution < 1.29 is 0 Å². The highest BCUT2D eigenvalue weighted by molar-refractivity contribution is 7.26. The van der Waals surface area contributed by atoms with Crippen LogP contribution in [0.3, 0.4) is 0 Å². The molecular weight excluding hydrogens is 316 g/mol. The minimum absolute atomic E-state index is 0.624. The van der Waals surface area contributed by atoms with Crippen molar-refractivity contribution in [3.8, 4) is 0 Å². The zero-order valence-electron chi connectivity index (χ0n) is 14.2. The van der Waals surface area contributed by atoms with E-state index < -0.39 is 0 Å². The smallest absolute Gasteiger partial charge is 0.147 e. The van der Waals surface area contributed by atoms with Crippen LogP contribution in [0, 0.1) is 5.92 Å². The van der Waals surface area contributed by atoms with Gasteiger partial charge in [0.1, 0.15) is 17.0 Å². The van der Waals surface area contributed by atoms with E-state index in [1.54, 1.807) is 17.7 Å². The molecule has 0 amide bonds. The predicted molar refractivity (Wildman–Crippen MR) is 102 cm³/mol. The van der Waals surface area contributed by atoms with Crippen molar-refractivity contribution in [2.75, 3.05) is 11.9 Å². The first-order valence-electron chi connectivity index (χ1n) is 8.61. The lowest BCUT2D eigenvalue weighted by Crippen LogP contribution is -2.03. The highest BCUT2D eigenvalue weighted by Gasteiger charge is 2.24. The van der Waals surface area contributed by atoms with Gasteiger partial charge in [-0.25, -0.2) is 15.0 Å². The zero-order valence-corrected chi connectivity index (χ0v) is 15.0. The summed E-state index contributed by atoms with van der Waals surface area (Å²) in [6.45, 7) is 9.00. The van der Waals surface area contributed by atoms with Gasteiger partial charge in [0.25, 0.3) is 0 Å². The third-order valence-electron chi connectivity index (χ3n) is 4.57. The molecule has 1 N–H and O–H groups in total. The lowest BCUT2D eigenvalue weighted by Gasteiger charge is -2.11. The molecule has 1 aliphatic rings. The van der Waals surface area contributed by atoms with Gasteiger partial charge in [-0.2, -0.15) is 0 Å². The Labute approximate surface area is 146 Å². The molecule has 24 heavy (non-hydrogen) atoms. The van der Waals surface area contributed by atoms with E-state index in [1.807, 2.05) is 6.08 Å². The Morgan fingerprint density at radius 2 is 2.12 bits per heavy atom. The number of nitrogens with zero attached hydrogens (tertiary/aromatic N) is 3. The third-order valence-corrected chi connectivity index (χ3v) is 5.65. The number of hydrogen-bond donors (Lipinski definition) is 1. The molecule has 0 bridgehead atoms. The maximum absolute atomic E-state index is 5.05. The minimum Gasteiger partial charge on any atom is -0.365 e. The summed E-state index contributed by atoms with van der Waals surface area (Å²) in [5.41, 5.74) is 5.31. The fourth-order valence-corrected chi connectivity index (χ4v) is 4.77. The number of aromatic nitrogens is 3. The van der Waals surface area contributed by atoms with Crippen molar-refractivity contribution in [3.05, 3.63) is 35.8 Å². The van der Waals surface area contributed by atoms with E-state index in [0.717, 1.165) is 40.1 Å². The Bertz CT molecular complexity index is 926. The van der Waals surface area contributed by atoms with Crippen LogP contribution in [0.4, 0.5) is 5.82 Å². The molecule has 0 radical (unpaired) electrons. The molecule has 0 unspecified atom stereocenters. The van der Waals surface area contributed by atoms with Crippen LogP contribution in [0.15, 0.2) is 19.0 Å². The number of fused-ring (bicyclic) bond motifs is 5. The summed E-state index contributed by atoms with van der Waals surface area (Å²) in [5.74, 6) is 1.51. The lowest BCUT2D eigenvalue weighted by atomic mass is 9.99. The Balaban J connectivity index is 1.97. The second-order valence-electron chi connectivity index (χ2n) is 6.82. The second-order valence-corrected chi connectivity index (χ2v) is 7.82. The van der Waals surface area contributed by atoms with Gasteiger partial charge in [0.15, 0.2) is 0 Å². The molecule has 0 fully saturated rings. The Morgan fingerprint density at radius 3 is 2.92 bits per heavy atom. The second kappa shape index (κ2) is 6.13. The van der Waals surface area contributed by atoms with Crippen molar-refractivity contribution >= 4 is 37.6 Å². The van der Waals surface area contributed by atoms with E-state index in [2.05, 4.69) is 35.7 Å². The van der Waals surface area contributed by atoms with Gasteiger partial charge < -0.3 is 5.32 Å². The average Bonchev–Trinajstić information content (AvgIpc) is 3.16. The summed E-state index contributed by atoms with van der Waals surface area (Å²) in [5, 5.41) is 4.59. The van der Waals surface area contributed by atoms with Crippen LogP contribution in [0.1, 0.15) is 37.1 Å². The number of anilines is 1. The molecule has 0 aliphatic heterocycles. The van der Waals surface area contributed by atoms with Gasteiger partial charge in [-0.15, -0.1) is 17.9 Å². The van der Waals surface area contributed by atoms with Crippen LogP contribution in [-0.4, -0.2) is 21.5 Å². The predicted octanol–water partition coefficient (Wildman–Crippen LogP) is 4.52. The molecule has 0 saturated carbocycles. The summed E-state index contributed by atoms with van der Waals surface area (Å²) in [4.78, 5) is 15.2. The number of hydrogen-bond acceptors (Lipinski definition) is 5. The monoisotopic (exact) mass is 338 g/mol. The molecule has 4 nitrogen and oxygen atoms in total. The molecule has 3 aromatic rings. The van der Waals surface area contributed by atoms with E-state index >= 15 is 0 Å². The molecule has 4 rings (SSSR count). The van der Waals surface area contributed by atoms with Crippen molar-refractivity contribution in [1.82, 2.24) is 15.0 Å². The van der Waals surface area contributed by atoms with E-state index in [9.17, 15) is 0 Å². The molecule has 0 saturated heterocycles. The van der Waals surface area contributed by atoms with Gasteiger partial charge in [-0.3, -0.25) is 0 Å². The van der Waals surface area contributed by atoms with E-state index in [4.69, 9.17) is 4.98 Å². The first-order chi connectivity index (χ1) is 11.7. The van der Waals surface area contributed by atoms with Gasteiger partial charge in [0, 0.05) is 17.6 Å². The normalized spacial score (nSPS) is 13.8. The summed E-state index contributed by atoms with van der Waals surface area (Å²) >= 11 is 1.71. The largest absolute Gasteiger partial charge is 0.365 e. The number of nitrogens with one attached hydrogen (secondary N) is 1. The average molecular weight is 338 g/mol. The van der Waals surface area contributed by atoms with Gasteiger partial charge in [-0.05, 0) is 42.7 Å². The van der Waals surface area contributed by atoms with Crippen LogP contribution in [0.25, 0.3) is 20.4 Å². The van der Waals surface area contributed by atoms with E-state index in [0.29, 0.717) is 12.5 Å². The van der Waals surface area contributed by atoms with Crippen LogP contribution < -0.4 is 5.32 Å². The standard InChI is InChI=1S/C19H22N4S/c1-4-8-20-18-17-16(21-10-22-18)15-13-7-5-6-12(13)14(9-11(2)3)23-19(15)24-17/h4,10-11H,1,5-9H2,2-3H3,(H,20,21,22). The van der Waals surface area contributed by atoms with Crippen LogP contribution in [-0.2, 0) is 19.3 Å². The summed E-state index contributed by atoms with van der Waals surface area (Å²) < 4.78 is 1.11. The Hall–Kier alpha value is -2.01. The van der Waals surface area contributed by atoms with Gasteiger partial charge in [0.05, 0.1) is 10.2 Å². The fraction of sp³-hybridized carbons (Fsp3) is 0.421. The lowest BCUT2D eigenvalue weighted by molar-refractivity contribution is 0.632. The van der Waals surface area contributed by atoms with Gasteiger partial charge in [0.2, 0.25) is 0 Å². The van der Waals surface area contributed by atoms with Gasteiger partial charge in [-0.1, -0.05) is 19.9 Å². The topological polar surface area (TPSA) is 50.7 Å². The molecule has 0 spiro atoms. The molecule has 124 valence electrons. The minimum atomic E-state index is 0.624. The van der Waals surface area contributed by atoms with Crippen LogP contribution in [0.5, 0.6) is 0 Å². The fourth-order valence-electron chi connectivity index (χ4n) is 3.63. The SMILES string of the molecule is C=CCNc1ncnc2c1sc1nc(CC(C)C)c3c(c12)CCC3. The van der Waals surface area contributed by atoms with E-state index in [-0.39, 0.29) is 0 Å². The van der Waals surface area contributed by atoms with Crippen LogP contribution >= 0.6 is 11.3 Å². The maximum atomic E-state index is 5.05. The van der Waals surface area contributed by atoms with Crippen molar-refractivity contribution in [3.63, 3.8) is 0 Å². The molecule has 5 heteroatoms. The summed E-state index contributed by atoms with van der Waals surface area (Å²) in [6, 6.07) is 0. The molecule has 0 aromatic carbocycles. The van der Waals surface area contributed by atoms with Gasteiger partial charge >= 0.3 is 0 Å². The molecule has 1 aliphatic carbocycles. The quantitative estimate of drug-likeness (QED) is 0.695. The Morgan fingerprint density at radius 1 is 1.29 bits per heavy atom. The number of thiophene rings is 1. The summed E-state index contributed by atoms with van der Waals surface area (Å²) in [7, 11) is 0. The molecule has 3 heterocycles. The number of pyridine rings is 1. The molecule has 0 atom stereocenters.